The number of rotatable bonds is 2. The van der Waals surface area contributed by atoms with Crippen molar-refractivity contribution >= 4 is 11.6 Å². The molecule has 2 fully saturated rings. The van der Waals surface area contributed by atoms with Crippen LogP contribution in [0, 0.1) is 23.7 Å². The van der Waals surface area contributed by atoms with Crippen molar-refractivity contribution in [3.63, 3.8) is 0 Å². The lowest BCUT2D eigenvalue weighted by Gasteiger charge is -2.51. The first-order valence-electron chi connectivity index (χ1n) is 7.67. The Morgan fingerprint density at radius 3 is 2.55 bits per heavy atom. The average molecular weight is 293 g/mol. The van der Waals surface area contributed by atoms with E-state index in [1.807, 2.05) is 13.0 Å². The highest BCUT2D eigenvalue weighted by atomic mass is 35.5. The van der Waals surface area contributed by atoms with Crippen LogP contribution in [0.3, 0.4) is 0 Å². The highest BCUT2D eigenvalue weighted by Crippen LogP contribution is 2.68. The summed E-state index contributed by atoms with van der Waals surface area (Å²) in [6.07, 6.45) is 4.22. The van der Waals surface area contributed by atoms with Crippen LogP contribution in [-0.4, -0.2) is 10.7 Å². The van der Waals surface area contributed by atoms with Gasteiger partial charge in [0.2, 0.25) is 0 Å². The molecule has 3 atom stereocenters. The van der Waals surface area contributed by atoms with Gasteiger partial charge < -0.3 is 5.11 Å². The van der Waals surface area contributed by atoms with Gasteiger partial charge in [-0.15, -0.1) is 0 Å². The zero-order valence-electron chi connectivity index (χ0n) is 13.0. The molecule has 1 nitrogen and oxygen atoms in total. The maximum atomic E-state index is 11.6. The molecule has 0 saturated heterocycles. The van der Waals surface area contributed by atoms with Crippen LogP contribution in [0.2, 0.25) is 5.02 Å². The van der Waals surface area contributed by atoms with Crippen molar-refractivity contribution in [3.8, 4) is 0 Å². The van der Waals surface area contributed by atoms with Crippen LogP contribution in [-0.2, 0) is 6.42 Å². The van der Waals surface area contributed by atoms with Crippen LogP contribution >= 0.6 is 11.6 Å². The van der Waals surface area contributed by atoms with Crippen LogP contribution < -0.4 is 0 Å². The summed E-state index contributed by atoms with van der Waals surface area (Å²) in [6.45, 7) is 8.80. The first kappa shape index (κ1) is 14.4. The van der Waals surface area contributed by atoms with Crippen molar-refractivity contribution in [2.75, 3.05) is 0 Å². The zero-order valence-corrected chi connectivity index (χ0v) is 13.7. The molecule has 1 N–H and O–H groups in total. The van der Waals surface area contributed by atoms with Gasteiger partial charge in [0.1, 0.15) is 0 Å². The number of aliphatic hydroxyl groups is 1. The molecule has 20 heavy (non-hydrogen) atoms. The van der Waals surface area contributed by atoms with Gasteiger partial charge in [-0.25, -0.2) is 0 Å². The minimum atomic E-state index is -0.651. The molecule has 2 heteroatoms. The molecule has 0 spiro atoms. The smallest absolute Gasteiger partial charge is 0.0795 e. The highest BCUT2D eigenvalue weighted by Gasteiger charge is 2.68. The second-order valence-corrected chi connectivity index (χ2v) is 8.26. The molecule has 2 bridgehead atoms. The van der Waals surface area contributed by atoms with E-state index in [1.165, 1.54) is 12.0 Å². The summed E-state index contributed by atoms with van der Waals surface area (Å²) < 4.78 is 0. The van der Waals surface area contributed by atoms with Gasteiger partial charge in [0, 0.05) is 11.4 Å². The molecule has 0 aromatic heterocycles. The second-order valence-electron chi connectivity index (χ2n) is 7.85. The van der Waals surface area contributed by atoms with Gasteiger partial charge in [0.15, 0.2) is 0 Å². The monoisotopic (exact) mass is 292 g/mol. The Kier molecular flexibility index (Phi) is 3.05. The average Bonchev–Trinajstić information content (AvgIpc) is 2.81. The van der Waals surface area contributed by atoms with Crippen molar-refractivity contribution in [2.24, 2.45) is 16.7 Å². The lowest BCUT2D eigenvalue weighted by molar-refractivity contribution is -0.141. The molecule has 1 aromatic rings. The largest absolute Gasteiger partial charge is 0.388 e. The van der Waals surface area contributed by atoms with Crippen molar-refractivity contribution < 1.29 is 5.11 Å². The predicted molar refractivity (Wildman–Crippen MR) is 84.1 cm³/mol. The van der Waals surface area contributed by atoms with Gasteiger partial charge in [-0.2, -0.15) is 0 Å². The maximum absolute atomic E-state index is 11.6. The molecule has 0 amide bonds. The Hall–Kier alpha value is -0.530. The Balaban J connectivity index is 2.00. The second kappa shape index (κ2) is 4.24. The van der Waals surface area contributed by atoms with Gasteiger partial charge in [-0.1, -0.05) is 44.5 Å². The minimum Gasteiger partial charge on any atom is -0.388 e. The fourth-order valence-electron chi connectivity index (χ4n) is 4.86. The summed E-state index contributed by atoms with van der Waals surface area (Å²) >= 11 is 6.40. The third-order valence-electron chi connectivity index (χ3n) is 6.48. The topological polar surface area (TPSA) is 20.2 Å². The van der Waals surface area contributed by atoms with E-state index in [0.29, 0.717) is 12.3 Å². The number of hydrogen-bond donors (Lipinski definition) is 1. The van der Waals surface area contributed by atoms with Crippen molar-refractivity contribution in [2.45, 2.75) is 59.0 Å². The summed E-state index contributed by atoms with van der Waals surface area (Å²) in [5.74, 6) is 0.640. The van der Waals surface area contributed by atoms with E-state index in [9.17, 15) is 5.11 Å². The van der Waals surface area contributed by atoms with Gasteiger partial charge in [0.25, 0.3) is 0 Å². The van der Waals surface area contributed by atoms with Gasteiger partial charge in [-0.05, 0) is 60.1 Å². The summed E-state index contributed by atoms with van der Waals surface area (Å²) in [6, 6.07) is 6.18. The van der Waals surface area contributed by atoms with Gasteiger partial charge in [-0.3, -0.25) is 0 Å². The summed E-state index contributed by atoms with van der Waals surface area (Å²) in [5.41, 5.74) is 1.61. The standard InChI is InChI=1S/C18H25ClO/c1-12-5-6-13(15(19)9-12)10-18(20)16(2,3)14-7-8-17(18,4)11-14/h5-6,9,14,20H,7-8,10-11H2,1-4H3. The van der Waals surface area contributed by atoms with Crippen molar-refractivity contribution in [1.82, 2.24) is 0 Å². The predicted octanol–water partition coefficient (Wildman–Crippen LogP) is 4.77. The zero-order chi connectivity index (χ0) is 14.8. The van der Waals surface area contributed by atoms with E-state index >= 15 is 0 Å². The van der Waals surface area contributed by atoms with Crippen LogP contribution in [0.5, 0.6) is 0 Å². The molecule has 0 aliphatic heterocycles. The molecule has 0 radical (unpaired) electrons. The van der Waals surface area contributed by atoms with Gasteiger partial charge >= 0.3 is 0 Å². The summed E-state index contributed by atoms with van der Waals surface area (Å²) in [4.78, 5) is 0. The fraction of sp³-hybridized carbons (Fsp3) is 0.667. The van der Waals surface area contributed by atoms with Crippen molar-refractivity contribution in [1.29, 1.82) is 0 Å². The molecule has 1 aromatic carbocycles. The SMILES string of the molecule is Cc1ccc(CC2(O)C3(C)CCC(C3)C2(C)C)c(Cl)c1. The summed E-state index contributed by atoms with van der Waals surface area (Å²) in [5, 5.41) is 12.3. The van der Waals surface area contributed by atoms with Gasteiger partial charge in [0.05, 0.1) is 5.60 Å². The van der Waals surface area contributed by atoms with Crippen LogP contribution in [0.25, 0.3) is 0 Å². The molecule has 2 saturated carbocycles. The number of benzene rings is 1. The van der Waals surface area contributed by atoms with E-state index in [0.717, 1.165) is 23.4 Å². The molecular formula is C18H25ClO. The fourth-order valence-corrected chi connectivity index (χ4v) is 5.16. The molecule has 0 heterocycles. The lowest BCUT2D eigenvalue weighted by atomic mass is 9.58. The molecule has 3 unspecified atom stereocenters. The van der Waals surface area contributed by atoms with E-state index in [4.69, 9.17) is 11.6 Å². The van der Waals surface area contributed by atoms with Crippen LogP contribution in [0.15, 0.2) is 18.2 Å². The number of halogens is 1. The lowest BCUT2D eigenvalue weighted by Crippen LogP contribution is -2.55. The Labute approximate surface area is 127 Å². The Morgan fingerprint density at radius 1 is 1.30 bits per heavy atom. The molecule has 110 valence electrons. The molecular weight excluding hydrogens is 268 g/mol. The third kappa shape index (κ3) is 1.72. The number of fused-ring (bicyclic) bond motifs is 2. The minimum absolute atomic E-state index is 0.0335. The first-order chi connectivity index (χ1) is 9.20. The van der Waals surface area contributed by atoms with Crippen molar-refractivity contribution in [3.05, 3.63) is 34.3 Å². The quantitative estimate of drug-likeness (QED) is 0.832. The molecule has 2 aliphatic rings. The number of aryl methyl sites for hydroxylation is 1. The number of hydrogen-bond acceptors (Lipinski definition) is 1. The Bertz CT molecular complexity index is 544. The molecule has 3 rings (SSSR count). The third-order valence-corrected chi connectivity index (χ3v) is 6.83. The first-order valence-corrected chi connectivity index (χ1v) is 8.05. The summed E-state index contributed by atoms with van der Waals surface area (Å²) in [7, 11) is 0. The maximum Gasteiger partial charge on any atom is 0.0795 e. The van der Waals surface area contributed by atoms with E-state index < -0.39 is 5.60 Å². The van der Waals surface area contributed by atoms with Crippen LogP contribution in [0.1, 0.15) is 51.2 Å². The van der Waals surface area contributed by atoms with E-state index in [1.54, 1.807) is 0 Å². The van der Waals surface area contributed by atoms with E-state index in [-0.39, 0.29) is 10.8 Å². The Morgan fingerprint density at radius 2 is 2.00 bits per heavy atom. The highest BCUT2D eigenvalue weighted by molar-refractivity contribution is 6.31. The molecule has 2 aliphatic carbocycles. The van der Waals surface area contributed by atoms with Crippen LogP contribution in [0.4, 0.5) is 0 Å². The van der Waals surface area contributed by atoms with E-state index in [2.05, 4.69) is 32.9 Å². The normalized spacial score (nSPS) is 38.4.